The Bertz CT molecular complexity index is 290. The molecule has 0 amide bonds. The van der Waals surface area contributed by atoms with Crippen molar-refractivity contribution in [2.24, 2.45) is 0 Å². The summed E-state index contributed by atoms with van der Waals surface area (Å²) >= 11 is 0. The van der Waals surface area contributed by atoms with Crippen molar-refractivity contribution in [2.45, 2.75) is 69.5 Å². The number of halogens is 1. The normalized spacial score (nSPS) is 32.7. The number of nitrogens with zero attached hydrogens (tertiary/aromatic N) is 1. The molecule has 4 heteroatoms. The van der Waals surface area contributed by atoms with Crippen molar-refractivity contribution in [3.05, 3.63) is 0 Å². The van der Waals surface area contributed by atoms with Crippen molar-refractivity contribution >= 4 is 5.97 Å². The highest BCUT2D eigenvalue weighted by atomic mass is 19.1. The van der Waals surface area contributed by atoms with Crippen LogP contribution in [0.2, 0.25) is 0 Å². The molecule has 1 aliphatic heterocycles. The van der Waals surface area contributed by atoms with Crippen molar-refractivity contribution in [1.29, 1.82) is 0 Å². The van der Waals surface area contributed by atoms with Gasteiger partial charge in [-0.25, -0.2) is 9.18 Å². The lowest BCUT2D eigenvalue weighted by molar-refractivity contribution is -0.151. The highest BCUT2D eigenvalue weighted by Gasteiger charge is 2.40. The standard InChI is InChI=1S/C14H24FNO2/c15-14(13(17)18)8-5-10-16(11-9-14)12-6-3-1-2-4-7-12/h12H,1-11H2,(H,17,18). The van der Waals surface area contributed by atoms with E-state index in [1.54, 1.807) is 0 Å². The topological polar surface area (TPSA) is 40.5 Å². The van der Waals surface area contributed by atoms with Crippen molar-refractivity contribution in [1.82, 2.24) is 4.90 Å². The number of rotatable bonds is 2. The molecule has 3 nitrogen and oxygen atoms in total. The van der Waals surface area contributed by atoms with Crippen LogP contribution in [-0.4, -0.2) is 40.8 Å². The number of carbonyl (C=O) groups is 1. The molecule has 2 aliphatic rings. The molecule has 0 bridgehead atoms. The molecule has 0 aromatic carbocycles. The minimum absolute atomic E-state index is 0.152. The third kappa shape index (κ3) is 3.22. The van der Waals surface area contributed by atoms with Crippen LogP contribution in [0.15, 0.2) is 0 Å². The van der Waals surface area contributed by atoms with E-state index in [9.17, 15) is 9.18 Å². The Morgan fingerprint density at radius 2 is 1.72 bits per heavy atom. The molecule has 1 heterocycles. The van der Waals surface area contributed by atoms with Crippen LogP contribution in [0.4, 0.5) is 4.39 Å². The molecule has 1 saturated heterocycles. The predicted molar refractivity (Wildman–Crippen MR) is 68.4 cm³/mol. The van der Waals surface area contributed by atoms with Gasteiger partial charge in [0, 0.05) is 19.0 Å². The largest absolute Gasteiger partial charge is 0.479 e. The SMILES string of the molecule is O=C(O)C1(F)CCCN(C2CCCCCC2)CC1. The van der Waals surface area contributed by atoms with E-state index in [1.807, 2.05) is 0 Å². The fraction of sp³-hybridized carbons (Fsp3) is 0.929. The lowest BCUT2D eigenvalue weighted by Gasteiger charge is -2.30. The summed E-state index contributed by atoms with van der Waals surface area (Å²) < 4.78 is 14.1. The lowest BCUT2D eigenvalue weighted by atomic mass is 9.97. The van der Waals surface area contributed by atoms with E-state index < -0.39 is 11.6 Å². The molecule has 0 aromatic rings. The zero-order chi connectivity index (χ0) is 13.0. The Morgan fingerprint density at radius 1 is 1.06 bits per heavy atom. The van der Waals surface area contributed by atoms with Crippen LogP contribution >= 0.6 is 0 Å². The first-order valence-corrected chi connectivity index (χ1v) is 7.28. The van der Waals surface area contributed by atoms with E-state index >= 15 is 0 Å². The molecule has 18 heavy (non-hydrogen) atoms. The Morgan fingerprint density at radius 3 is 2.33 bits per heavy atom. The molecular weight excluding hydrogens is 233 g/mol. The average molecular weight is 257 g/mol. The fourth-order valence-corrected chi connectivity index (χ4v) is 3.32. The monoisotopic (exact) mass is 257 g/mol. The Balaban J connectivity index is 1.93. The van der Waals surface area contributed by atoms with Gasteiger partial charge < -0.3 is 10.0 Å². The zero-order valence-electron chi connectivity index (χ0n) is 11.0. The highest BCUT2D eigenvalue weighted by molar-refractivity contribution is 5.77. The van der Waals surface area contributed by atoms with Crippen LogP contribution in [0.1, 0.15) is 57.8 Å². The van der Waals surface area contributed by atoms with Gasteiger partial charge in [0.05, 0.1) is 0 Å². The third-order valence-corrected chi connectivity index (χ3v) is 4.54. The van der Waals surface area contributed by atoms with Gasteiger partial charge in [-0.05, 0) is 32.2 Å². The number of aliphatic carboxylic acids is 1. The summed E-state index contributed by atoms with van der Waals surface area (Å²) in [6, 6.07) is 0.559. The van der Waals surface area contributed by atoms with E-state index in [0.29, 0.717) is 19.0 Å². The number of hydrogen-bond acceptors (Lipinski definition) is 2. The molecule has 1 atom stereocenters. The molecular formula is C14H24FNO2. The number of likely N-dealkylation sites (tertiary alicyclic amines) is 1. The van der Waals surface area contributed by atoms with Gasteiger partial charge in [0.2, 0.25) is 5.67 Å². The van der Waals surface area contributed by atoms with E-state index in [4.69, 9.17) is 5.11 Å². The van der Waals surface area contributed by atoms with Gasteiger partial charge in [0.15, 0.2) is 0 Å². The zero-order valence-corrected chi connectivity index (χ0v) is 11.0. The number of carboxylic acids is 1. The molecule has 104 valence electrons. The highest BCUT2D eigenvalue weighted by Crippen LogP contribution is 2.30. The minimum atomic E-state index is -1.99. The van der Waals surface area contributed by atoms with E-state index in [0.717, 1.165) is 6.54 Å². The molecule has 0 spiro atoms. The van der Waals surface area contributed by atoms with Gasteiger partial charge in [-0.2, -0.15) is 0 Å². The summed E-state index contributed by atoms with van der Waals surface area (Å²) in [4.78, 5) is 13.3. The summed E-state index contributed by atoms with van der Waals surface area (Å²) in [6.45, 7) is 1.47. The van der Waals surface area contributed by atoms with Gasteiger partial charge >= 0.3 is 5.97 Å². The van der Waals surface area contributed by atoms with Crippen LogP contribution in [0.5, 0.6) is 0 Å². The van der Waals surface area contributed by atoms with Crippen molar-refractivity contribution in [2.75, 3.05) is 13.1 Å². The average Bonchev–Trinajstić information content (AvgIpc) is 2.70. The molecule has 2 fully saturated rings. The summed E-state index contributed by atoms with van der Waals surface area (Å²) in [5.41, 5.74) is -1.99. The number of hydrogen-bond donors (Lipinski definition) is 1. The summed E-state index contributed by atoms with van der Waals surface area (Å²) in [5.74, 6) is -1.27. The predicted octanol–water partition coefficient (Wildman–Crippen LogP) is 2.99. The van der Waals surface area contributed by atoms with Crippen molar-refractivity contribution < 1.29 is 14.3 Å². The number of carboxylic acid groups (broad SMARTS) is 1. The molecule has 1 unspecified atom stereocenters. The summed E-state index contributed by atoms with van der Waals surface area (Å²) in [7, 11) is 0. The molecule has 0 radical (unpaired) electrons. The maximum Gasteiger partial charge on any atom is 0.341 e. The van der Waals surface area contributed by atoms with Crippen LogP contribution in [-0.2, 0) is 4.79 Å². The second-order valence-corrected chi connectivity index (χ2v) is 5.81. The Hall–Kier alpha value is -0.640. The smallest absolute Gasteiger partial charge is 0.341 e. The fourth-order valence-electron chi connectivity index (χ4n) is 3.32. The third-order valence-electron chi connectivity index (χ3n) is 4.54. The first-order valence-electron chi connectivity index (χ1n) is 7.28. The van der Waals surface area contributed by atoms with Crippen LogP contribution in [0, 0.1) is 0 Å². The quantitative estimate of drug-likeness (QED) is 0.773. The van der Waals surface area contributed by atoms with Crippen molar-refractivity contribution in [3.8, 4) is 0 Å². The first-order chi connectivity index (χ1) is 8.62. The first kappa shape index (κ1) is 13.8. The maximum absolute atomic E-state index is 14.1. The molecule has 1 N–H and O–H groups in total. The lowest BCUT2D eigenvalue weighted by Crippen LogP contribution is -2.38. The van der Waals surface area contributed by atoms with Gasteiger partial charge in [0.1, 0.15) is 0 Å². The van der Waals surface area contributed by atoms with Gasteiger partial charge in [-0.15, -0.1) is 0 Å². The van der Waals surface area contributed by atoms with E-state index in [-0.39, 0.29) is 12.8 Å². The van der Waals surface area contributed by atoms with Gasteiger partial charge in [-0.1, -0.05) is 25.7 Å². The Kier molecular flexibility index (Phi) is 4.60. The van der Waals surface area contributed by atoms with Gasteiger partial charge in [0.25, 0.3) is 0 Å². The summed E-state index contributed by atoms with van der Waals surface area (Å²) in [6.07, 6.45) is 8.54. The van der Waals surface area contributed by atoms with Crippen LogP contribution in [0.3, 0.4) is 0 Å². The minimum Gasteiger partial charge on any atom is -0.479 e. The van der Waals surface area contributed by atoms with E-state index in [2.05, 4.69) is 4.90 Å². The number of alkyl halides is 1. The van der Waals surface area contributed by atoms with Crippen LogP contribution < -0.4 is 0 Å². The molecule has 1 saturated carbocycles. The van der Waals surface area contributed by atoms with Crippen molar-refractivity contribution in [3.63, 3.8) is 0 Å². The second-order valence-electron chi connectivity index (χ2n) is 5.81. The van der Waals surface area contributed by atoms with E-state index in [1.165, 1.54) is 38.5 Å². The molecule has 0 aromatic heterocycles. The maximum atomic E-state index is 14.1. The molecule has 1 aliphatic carbocycles. The summed E-state index contributed by atoms with van der Waals surface area (Å²) in [5, 5.41) is 8.97. The van der Waals surface area contributed by atoms with Crippen LogP contribution in [0.25, 0.3) is 0 Å². The second kappa shape index (κ2) is 6.00. The molecule has 2 rings (SSSR count). The van der Waals surface area contributed by atoms with Gasteiger partial charge in [-0.3, -0.25) is 0 Å². The Labute approximate surface area is 108 Å².